The summed E-state index contributed by atoms with van der Waals surface area (Å²) in [6.07, 6.45) is 5.32. The van der Waals surface area contributed by atoms with Gasteiger partial charge in [0, 0.05) is 11.4 Å². The predicted molar refractivity (Wildman–Crippen MR) is 90.3 cm³/mol. The Morgan fingerprint density at radius 3 is 2.59 bits per heavy atom. The van der Waals surface area contributed by atoms with Crippen LogP contribution in [0.2, 0.25) is 0 Å². The van der Waals surface area contributed by atoms with Crippen LogP contribution in [0.5, 0.6) is 0 Å². The van der Waals surface area contributed by atoms with Crippen molar-refractivity contribution in [2.75, 3.05) is 11.9 Å². The fourth-order valence-electron chi connectivity index (χ4n) is 2.63. The zero-order valence-corrected chi connectivity index (χ0v) is 13.5. The Labute approximate surface area is 131 Å². The molecule has 2 rings (SSSR count). The summed E-state index contributed by atoms with van der Waals surface area (Å²) in [6.45, 7) is 7.14. The maximum absolute atomic E-state index is 13.0. The van der Waals surface area contributed by atoms with Crippen LogP contribution in [0, 0.1) is 5.82 Å². The molecule has 1 unspecified atom stereocenters. The fraction of sp³-hybridized carbons (Fsp3) is 0.471. The maximum atomic E-state index is 13.0. The Morgan fingerprint density at radius 2 is 1.95 bits per heavy atom. The van der Waals surface area contributed by atoms with Gasteiger partial charge >= 0.3 is 0 Å². The molecule has 3 N–H and O–H groups in total. The number of halogens is 1. The number of anilines is 1. The van der Waals surface area contributed by atoms with E-state index in [4.69, 9.17) is 4.99 Å². The third kappa shape index (κ3) is 4.31. The number of benzene rings is 1. The first kappa shape index (κ1) is 16.5. The molecule has 1 heterocycles. The highest BCUT2D eigenvalue weighted by atomic mass is 19.1. The first-order valence-electron chi connectivity index (χ1n) is 7.91. The molecule has 5 heteroatoms. The van der Waals surface area contributed by atoms with Gasteiger partial charge in [0.15, 0.2) is 0 Å². The predicted octanol–water partition coefficient (Wildman–Crippen LogP) is 3.60. The molecule has 1 aliphatic heterocycles. The zero-order valence-electron chi connectivity index (χ0n) is 13.5. The van der Waals surface area contributed by atoms with E-state index in [0.717, 1.165) is 37.2 Å². The first-order valence-corrected chi connectivity index (χ1v) is 7.91. The quantitative estimate of drug-likeness (QED) is 0.752. The largest absolute Gasteiger partial charge is 0.330 e. The molecule has 0 spiro atoms. The molecule has 120 valence electrons. The van der Waals surface area contributed by atoms with Gasteiger partial charge in [-0.15, -0.1) is 0 Å². The highest BCUT2D eigenvalue weighted by Gasteiger charge is 2.29. The molecule has 1 atom stereocenters. The summed E-state index contributed by atoms with van der Waals surface area (Å²) in [5, 5.41) is 9.94. The monoisotopic (exact) mass is 304 g/mol. The molecule has 1 aromatic carbocycles. The van der Waals surface area contributed by atoms with Gasteiger partial charge in [-0.2, -0.15) is 0 Å². The van der Waals surface area contributed by atoms with E-state index in [0.29, 0.717) is 5.96 Å². The van der Waals surface area contributed by atoms with Crippen LogP contribution in [0.3, 0.4) is 0 Å². The van der Waals surface area contributed by atoms with Crippen molar-refractivity contribution in [1.29, 1.82) is 0 Å². The van der Waals surface area contributed by atoms with Gasteiger partial charge in [0.2, 0.25) is 5.96 Å². The van der Waals surface area contributed by atoms with Crippen LogP contribution in [0.25, 0.3) is 0 Å². The first-order chi connectivity index (χ1) is 10.6. The van der Waals surface area contributed by atoms with Crippen LogP contribution >= 0.6 is 0 Å². The third-order valence-corrected chi connectivity index (χ3v) is 3.58. The molecule has 0 radical (unpaired) electrons. The molecule has 1 aromatic rings. The number of unbranched alkanes of at least 4 members (excludes halogenated alkanes) is 1. The van der Waals surface area contributed by atoms with Gasteiger partial charge in [-0.1, -0.05) is 20.3 Å². The van der Waals surface area contributed by atoms with E-state index in [9.17, 15) is 4.39 Å². The molecule has 0 saturated carbocycles. The standard InChI is InChI=1S/C17H25FN4/c1-4-6-11-17(19-5-2)12-13(3)20-16(22-17)21-15-9-7-14(18)8-10-15/h7-10,12,19H,4-6,11H2,1-3H3,(H2,20,21,22). The van der Waals surface area contributed by atoms with Crippen LogP contribution in [-0.4, -0.2) is 18.2 Å². The molecule has 0 amide bonds. The Kier molecular flexibility index (Phi) is 5.55. The molecular weight excluding hydrogens is 279 g/mol. The maximum Gasteiger partial charge on any atom is 0.202 e. The van der Waals surface area contributed by atoms with Crippen LogP contribution in [0.4, 0.5) is 10.1 Å². The highest BCUT2D eigenvalue weighted by Crippen LogP contribution is 2.23. The summed E-state index contributed by atoms with van der Waals surface area (Å²) >= 11 is 0. The topological polar surface area (TPSA) is 48.4 Å². The molecule has 0 aliphatic carbocycles. The van der Waals surface area contributed by atoms with Crippen molar-refractivity contribution in [3.05, 3.63) is 41.9 Å². The minimum atomic E-state index is -0.373. The lowest BCUT2D eigenvalue weighted by molar-refractivity contribution is 0.379. The molecule has 1 aliphatic rings. The van der Waals surface area contributed by atoms with Crippen molar-refractivity contribution in [3.63, 3.8) is 0 Å². The van der Waals surface area contributed by atoms with Crippen LogP contribution < -0.4 is 16.0 Å². The summed E-state index contributed by atoms with van der Waals surface area (Å²) in [4.78, 5) is 4.82. The van der Waals surface area contributed by atoms with Crippen molar-refractivity contribution in [3.8, 4) is 0 Å². The summed E-state index contributed by atoms with van der Waals surface area (Å²) in [5.41, 5.74) is 1.49. The smallest absolute Gasteiger partial charge is 0.202 e. The van der Waals surface area contributed by atoms with Crippen LogP contribution in [-0.2, 0) is 0 Å². The van der Waals surface area contributed by atoms with Gasteiger partial charge < -0.3 is 10.6 Å². The lowest BCUT2D eigenvalue weighted by Gasteiger charge is -2.33. The number of likely N-dealkylation sites (N-methyl/N-ethyl adjacent to an activating group) is 1. The van der Waals surface area contributed by atoms with Gasteiger partial charge in [-0.05, 0) is 56.7 Å². The highest BCUT2D eigenvalue weighted by molar-refractivity contribution is 5.95. The van der Waals surface area contributed by atoms with Gasteiger partial charge in [0.1, 0.15) is 11.5 Å². The second-order valence-corrected chi connectivity index (χ2v) is 5.60. The number of allylic oxidation sites excluding steroid dienone is 1. The van der Waals surface area contributed by atoms with Crippen molar-refractivity contribution >= 4 is 11.6 Å². The molecule has 0 bridgehead atoms. The number of rotatable bonds is 6. The number of guanidine groups is 1. The third-order valence-electron chi connectivity index (χ3n) is 3.58. The minimum Gasteiger partial charge on any atom is -0.330 e. The van der Waals surface area contributed by atoms with Gasteiger partial charge in [0.25, 0.3) is 0 Å². The van der Waals surface area contributed by atoms with Crippen molar-refractivity contribution in [2.45, 2.75) is 45.7 Å². The van der Waals surface area contributed by atoms with Gasteiger partial charge in [0.05, 0.1) is 0 Å². The lowest BCUT2D eigenvalue weighted by Crippen LogP contribution is -2.48. The number of hydrogen-bond donors (Lipinski definition) is 3. The number of aliphatic imine (C=N–C) groups is 1. The van der Waals surface area contributed by atoms with E-state index in [2.05, 4.69) is 35.9 Å². The van der Waals surface area contributed by atoms with E-state index >= 15 is 0 Å². The fourth-order valence-corrected chi connectivity index (χ4v) is 2.63. The Bertz CT molecular complexity index is 550. The second-order valence-electron chi connectivity index (χ2n) is 5.60. The molecular formula is C17H25FN4. The molecule has 22 heavy (non-hydrogen) atoms. The summed E-state index contributed by atoms with van der Waals surface area (Å²) < 4.78 is 13.0. The van der Waals surface area contributed by atoms with Crippen molar-refractivity contribution in [2.24, 2.45) is 4.99 Å². The molecule has 0 saturated heterocycles. The zero-order chi connectivity index (χ0) is 16.0. The summed E-state index contributed by atoms with van der Waals surface area (Å²) in [7, 11) is 0. The van der Waals surface area contributed by atoms with E-state index in [1.54, 1.807) is 12.1 Å². The van der Waals surface area contributed by atoms with E-state index in [-0.39, 0.29) is 11.5 Å². The molecule has 4 nitrogen and oxygen atoms in total. The van der Waals surface area contributed by atoms with E-state index in [1.807, 2.05) is 6.92 Å². The van der Waals surface area contributed by atoms with Gasteiger partial charge in [-0.25, -0.2) is 9.38 Å². The van der Waals surface area contributed by atoms with Crippen LogP contribution in [0.15, 0.2) is 41.0 Å². The van der Waals surface area contributed by atoms with Crippen molar-refractivity contribution in [1.82, 2.24) is 10.6 Å². The summed E-state index contributed by atoms with van der Waals surface area (Å²) in [6, 6.07) is 6.27. The van der Waals surface area contributed by atoms with Gasteiger partial charge in [-0.3, -0.25) is 5.32 Å². The SMILES string of the molecule is CCCCC1(NCC)C=C(C)NC(Nc2ccc(F)cc2)=N1. The van der Waals surface area contributed by atoms with E-state index in [1.165, 1.54) is 12.1 Å². The van der Waals surface area contributed by atoms with Crippen molar-refractivity contribution < 1.29 is 4.39 Å². The Morgan fingerprint density at radius 1 is 1.23 bits per heavy atom. The number of nitrogens with one attached hydrogen (secondary N) is 3. The Balaban J connectivity index is 2.20. The normalized spacial score (nSPS) is 20.9. The summed E-state index contributed by atoms with van der Waals surface area (Å²) in [5.74, 6) is 0.439. The average molecular weight is 304 g/mol. The molecule has 0 aromatic heterocycles. The average Bonchev–Trinajstić information content (AvgIpc) is 2.47. The Hall–Kier alpha value is -1.88. The second kappa shape index (κ2) is 7.40. The van der Waals surface area contributed by atoms with Crippen LogP contribution in [0.1, 0.15) is 40.0 Å². The van der Waals surface area contributed by atoms with E-state index < -0.39 is 0 Å². The number of hydrogen-bond acceptors (Lipinski definition) is 4. The number of nitrogens with zero attached hydrogens (tertiary/aromatic N) is 1. The lowest BCUT2D eigenvalue weighted by atomic mass is 10.0. The molecule has 0 fully saturated rings. The minimum absolute atomic E-state index is 0.245.